The number of thioether (sulfide) groups is 1. The van der Waals surface area contributed by atoms with E-state index in [9.17, 15) is 17.6 Å². The fraction of sp³-hybridized carbons (Fsp3) is 0.387. The van der Waals surface area contributed by atoms with Crippen molar-refractivity contribution in [2.24, 2.45) is 0 Å². The van der Waals surface area contributed by atoms with Crippen LogP contribution >= 0.6 is 24.0 Å². The lowest BCUT2D eigenvalue weighted by atomic mass is 9.97. The minimum absolute atomic E-state index is 0.0425. The van der Waals surface area contributed by atoms with Gasteiger partial charge in [-0.1, -0.05) is 38.0 Å². The molecule has 3 aromatic rings. The van der Waals surface area contributed by atoms with Crippen LogP contribution in [0.3, 0.4) is 0 Å². The van der Waals surface area contributed by atoms with Crippen LogP contribution < -0.4 is 4.84 Å². The minimum atomic E-state index is -4.68. The molecule has 0 saturated heterocycles. The Morgan fingerprint density at radius 1 is 0.923 bits per heavy atom. The van der Waals surface area contributed by atoms with Gasteiger partial charge >= 0.3 is 6.18 Å². The second-order valence-electron chi connectivity index (χ2n) is 9.16. The Hall–Kier alpha value is -2.76. The third kappa shape index (κ3) is 8.87. The van der Waals surface area contributed by atoms with Crippen LogP contribution in [0.4, 0.5) is 17.6 Å². The van der Waals surface area contributed by atoms with Crippen LogP contribution in [0, 0.1) is 29.1 Å². The van der Waals surface area contributed by atoms with Gasteiger partial charge in [-0.15, -0.1) is 23.6 Å². The van der Waals surface area contributed by atoms with Gasteiger partial charge in [0, 0.05) is 28.9 Å². The summed E-state index contributed by atoms with van der Waals surface area (Å²) in [5.41, 5.74) is 1.69. The van der Waals surface area contributed by atoms with E-state index in [4.69, 9.17) is 17.1 Å². The highest BCUT2D eigenvalue weighted by Crippen LogP contribution is 2.36. The van der Waals surface area contributed by atoms with Gasteiger partial charge in [-0.2, -0.15) is 17.9 Å². The Kier molecular flexibility index (Phi) is 11.5. The molecule has 0 unspecified atom stereocenters. The van der Waals surface area contributed by atoms with Crippen LogP contribution in [-0.2, 0) is 6.18 Å². The van der Waals surface area contributed by atoms with Crippen LogP contribution in [0.5, 0.6) is 0 Å². The maximum atomic E-state index is 14.2. The molecule has 208 valence electrons. The van der Waals surface area contributed by atoms with Crippen molar-refractivity contribution in [3.8, 4) is 34.1 Å². The van der Waals surface area contributed by atoms with Gasteiger partial charge in [0.25, 0.3) is 0 Å². The number of pyridine rings is 1. The van der Waals surface area contributed by atoms with Crippen LogP contribution in [0.25, 0.3) is 22.3 Å². The van der Waals surface area contributed by atoms with Gasteiger partial charge in [-0.3, -0.25) is 0 Å². The Morgan fingerprint density at radius 3 is 2.31 bits per heavy atom. The third-order valence-electron chi connectivity index (χ3n) is 6.05. The summed E-state index contributed by atoms with van der Waals surface area (Å²) < 4.78 is 56.1. The maximum Gasteiger partial charge on any atom is 0.416 e. The van der Waals surface area contributed by atoms with E-state index >= 15 is 0 Å². The zero-order valence-corrected chi connectivity index (χ0v) is 24.1. The number of rotatable bonds is 11. The average molecular weight is 576 g/mol. The Bertz CT molecular complexity index is 1390. The maximum absolute atomic E-state index is 14.2. The summed E-state index contributed by atoms with van der Waals surface area (Å²) in [6.07, 6.45) is 4.99. The quantitative estimate of drug-likeness (QED) is 0.0743. The van der Waals surface area contributed by atoms with Crippen LogP contribution in [0.15, 0.2) is 53.7 Å². The number of alkyl halides is 3. The molecule has 0 aliphatic carbocycles. The summed E-state index contributed by atoms with van der Waals surface area (Å²) in [5.74, 6) is 6.47. The van der Waals surface area contributed by atoms with E-state index in [1.54, 1.807) is 24.9 Å². The van der Waals surface area contributed by atoms with Gasteiger partial charge < -0.3 is 4.84 Å². The highest BCUT2D eigenvalue weighted by atomic mass is 32.2. The normalized spacial score (nSPS) is 11.3. The molecule has 2 aromatic carbocycles. The molecule has 0 radical (unpaired) electrons. The predicted octanol–water partition coefficient (Wildman–Crippen LogP) is 9.92. The van der Waals surface area contributed by atoms with E-state index in [1.165, 1.54) is 30.2 Å². The lowest BCUT2D eigenvalue weighted by Crippen LogP contribution is -2.12. The number of halogens is 4. The molecule has 0 spiro atoms. The van der Waals surface area contributed by atoms with Crippen molar-refractivity contribution in [3.05, 3.63) is 70.2 Å². The molecule has 1 aromatic heterocycles. The summed E-state index contributed by atoms with van der Waals surface area (Å²) in [6, 6.07) is 8.50. The number of aryl methyl sites for hydroxylation is 1. The molecule has 0 atom stereocenters. The molecule has 8 heteroatoms. The third-order valence-corrected chi connectivity index (χ3v) is 7.57. The van der Waals surface area contributed by atoms with E-state index in [0.29, 0.717) is 22.7 Å². The first-order valence-corrected chi connectivity index (χ1v) is 14.5. The number of benzene rings is 2. The van der Waals surface area contributed by atoms with Crippen molar-refractivity contribution in [2.75, 3.05) is 12.4 Å². The molecule has 3 rings (SSSR count). The molecule has 1 heterocycles. The minimum Gasteiger partial charge on any atom is -0.415 e. The molecule has 0 saturated carbocycles. The molecule has 0 aliphatic rings. The van der Waals surface area contributed by atoms with Crippen molar-refractivity contribution < 1.29 is 22.4 Å². The number of nitrogens with zero attached hydrogens (tertiary/aromatic N) is 1. The van der Waals surface area contributed by atoms with Gasteiger partial charge in [0.1, 0.15) is 12.4 Å². The van der Waals surface area contributed by atoms with Crippen molar-refractivity contribution in [3.63, 3.8) is 0 Å². The first-order valence-electron chi connectivity index (χ1n) is 13.1. The van der Waals surface area contributed by atoms with Crippen molar-refractivity contribution in [1.29, 1.82) is 0 Å². The summed E-state index contributed by atoms with van der Waals surface area (Å²) in [4.78, 5) is 6.75. The molecular formula is C31H33F4NOS2. The van der Waals surface area contributed by atoms with Gasteiger partial charge in [-0.25, -0.2) is 4.39 Å². The van der Waals surface area contributed by atoms with Crippen molar-refractivity contribution in [2.45, 2.75) is 70.4 Å². The van der Waals surface area contributed by atoms with Gasteiger partial charge in [-0.05, 0) is 79.5 Å². The molecule has 0 N–H and O–H groups in total. The summed E-state index contributed by atoms with van der Waals surface area (Å²) in [5, 5.41) is 0. The van der Waals surface area contributed by atoms with Crippen LogP contribution in [0.1, 0.15) is 63.5 Å². The Morgan fingerprint density at radius 2 is 1.64 bits per heavy atom. The fourth-order valence-corrected chi connectivity index (χ4v) is 5.38. The molecule has 0 aliphatic heterocycles. The molecular weight excluding hydrogens is 542 g/mol. The van der Waals surface area contributed by atoms with Crippen molar-refractivity contribution >= 4 is 24.0 Å². The predicted molar refractivity (Wildman–Crippen MR) is 155 cm³/mol. The highest BCUT2D eigenvalue weighted by molar-refractivity contribution is 7.99. The molecule has 0 bridgehead atoms. The summed E-state index contributed by atoms with van der Waals surface area (Å²) in [7, 11) is 0. The first kappa shape index (κ1) is 30.8. The van der Waals surface area contributed by atoms with Gasteiger partial charge in [0.05, 0.1) is 22.5 Å². The zero-order chi connectivity index (χ0) is 28.4. The largest absolute Gasteiger partial charge is 0.416 e. The van der Waals surface area contributed by atoms with Crippen LogP contribution in [-0.4, -0.2) is 17.1 Å². The summed E-state index contributed by atoms with van der Waals surface area (Å²) in [6.45, 7) is 6.28. The van der Waals surface area contributed by atoms with E-state index in [0.717, 1.165) is 53.2 Å². The Labute approximate surface area is 237 Å². The summed E-state index contributed by atoms with van der Waals surface area (Å²) >= 11 is 7.48. The first-order chi connectivity index (χ1) is 18.6. The standard InChI is InChI=1S/C31H33F4NOS2/c1-4-6-7-8-9-10-11-12-15-39-26-13-14-27(22(3)16-26)29-21-36(37-5-2)20-28(30(29)38)23-17-24(31(33,34)35)19-25(32)18-23/h13-14,16-21H,4-8,11-12,15H2,1-3H3. The number of unbranched alkanes of at least 4 members (excludes halogenated alkanes) is 4. The monoisotopic (exact) mass is 575 g/mol. The SMILES string of the molecule is CCCCCC#CCCCSc1ccc(-c2cn(OCC)cc(-c3cc(F)cc(C(F)(F)F)c3)c2=S)c(C)c1. The smallest absolute Gasteiger partial charge is 0.415 e. The fourth-order valence-electron chi connectivity index (χ4n) is 4.10. The van der Waals surface area contributed by atoms with Gasteiger partial charge in [0.15, 0.2) is 0 Å². The van der Waals surface area contributed by atoms with Crippen molar-refractivity contribution in [1.82, 2.24) is 4.73 Å². The highest BCUT2D eigenvalue weighted by Gasteiger charge is 2.31. The zero-order valence-electron chi connectivity index (χ0n) is 22.5. The second kappa shape index (κ2) is 14.6. The molecule has 0 fully saturated rings. The Balaban J connectivity index is 1.85. The molecule has 39 heavy (non-hydrogen) atoms. The lowest BCUT2D eigenvalue weighted by molar-refractivity contribution is -0.137. The number of hydrogen-bond acceptors (Lipinski definition) is 3. The molecule has 2 nitrogen and oxygen atoms in total. The number of hydrogen-bond donors (Lipinski definition) is 0. The van der Waals surface area contributed by atoms with Crippen LogP contribution in [0.2, 0.25) is 0 Å². The van der Waals surface area contributed by atoms with E-state index in [2.05, 4.69) is 24.8 Å². The average Bonchev–Trinajstić information content (AvgIpc) is 2.88. The van der Waals surface area contributed by atoms with Gasteiger partial charge in [0.2, 0.25) is 0 Å². The van der Waals surface area contributed by atoms with E-state index in [-0.39, 0.29) is 11.1 Å². The second-order valence-corrected chi connectivity index (χ2v) is 10.7. The molecule has 0 amide bonds. The topological polar surface area (TPSA) is 14.2 Å². The lowest BCUT2D eigenvalue weighted by Gasteiger charge is -2.16. The number of aromatic nitrogens is 1. The van der Waals surface area contributed by atoms with E-state index < -0.39 is 17.6 Å². The van der Waals surface area contributed by atoms with E-state index in [1.807, 2.05) is 19.1 Å².